The molecular formula is C15H20O2. The highest BCUT2D eigenvalue weighted by atomic mass is 16.1. The largest absolute Gasteiger partial charge is 0.300 e. The lowest BCUT2D eigenvalue weighted by Crippen LogP contribution is -1.93. The Hall–Kier alpha value is -1.62. The van der Waals surface area contributed by atoms with Gasteiger partial charge in [0.15, 0.2) is 5.78 Å². The number of carbonyl (C=O) groups excluding carboxylic acids is 2. The minimum atomic E-state index is 0.0996. The van der Waals surface area contributed by atoms with Gasteiger partial charge in [0.1, 0.15) is 5.78 Å². The molecule has 2 heteroatoms. The number of ketones is 2. The van der Waals surface area contributed by atoms with Gasteiger partial charge < -0.3 is 4.79 Å². The smallest absolute Gasteiger partial charge is 0.156 e. The summed E-state index contributed by atoms with van der Waals surface area (Å²) in [5.41, 5.74) is 0. The van der Waals surface area contributed by atoms with Gasteiger partial charge in [0.25, 0.3) is 0 Å². The third-order valence-corrected chi connectivity index (χ3v) is 2.14. The molecule has 92 valence electrons. The van der Waals surface area contributed by atoms with Gasteiger partial charge in [-0.15, -0.1) is 0 Å². The zero-order chi connectivity index (χ0) is 12.9. The molecule has 2 nitrogen and oxygen atoms in total. The number of carbonyl (C=O) groups is 2. The molecular weight excluding hydrogens is 212 g/mol. The highest BCUT2D eigenvalue weighted by molar-refractivity contribution is 5.90. The van der Waals surface area contributed by atoms with Gasteiger partial charge in [0.05, 0.1) is 0 Å². The van der Waals surface area contributed by atoms with E-state index in [9.17, 15) is 9.59 Å². The van der Waals surface area contributed by atoms with E-state index in [4.69, 9.17) is 0 Å². The van der Waals surface area contributed by atoms with Crippen LogP contribution in [0.25, 0.3) is 0 Å². The Balaban J connectivity index is 3.60. The Bertz CT molecular complexity index is 351. The van der Waals surface area contributed by atoms with Gasteiger partial charge in [-0.05, 0) is 44.9 Å². The van der Waals surface area contributed by atoms with Gasteiger partial charge in [0, 0.05) is 12.8 Å². The third kappa shape index (κ3) is 12.3. The first kappa shape index (κ1) is 15.4. The lowest BCUT2D eigenvalue weighted by atomic mass is 10.1. The maximum atomic E-state index is 11.3. The topological polar surface area (TPSA) is 34.1 Å². The maximum Gasteiger partial charge on any atom is 0.156 e. The lowest BCUT2D eigenvalue weighted by Gasteiger charge is -1.96. The fourth-order valence-electron chi connectivity index (χ4n) is 1.25. The molecule has 0 aliphatic carbocycles. The molecule has 0 saturated carbocycles. The van der Waals surface area contributed by atoms with E-state index in [1.165, 1.54) is 6.08 Å². The zero-order valence-corrected chi connectivity index (χ0v) is 10.7. The molecule has 0 aliphatic heterocycles. The van der Waals surface area contributed by atoms with Gasteiger partial charge in [-0.2, -0.15) is 0 Å². The summed E-state index contributed by atoms with van der Waals surface area (Å²) in [5, 5.41) is 0. The standard InChI is InChI=1S/C15H20O2/c1-3-4-5-6-9-12-15(17)13-10-7-8-11-14(2)16/h3-4,9,12H,7-8,10-11,13H2,1-2H3. The highest BCUT2D eigenvalue weighted by Crippen LogP contribution is 2.04. The van der Waals surface area contributed by atoms with Crippen molar-refractivity contribution in [2.75, 3.05) is 0 Å². The third-order valence-electron chi connectivity index (χ3n) is 2.14. The van der Waals surface area contributed by atoms with Crippen LogP contribution in [0.3, 0.4) is 0 Å². The summed E-state index contributed by atoms with van der Waals surface area (Å²) in [7, 11) is 0. The van der Waals surface area contributed by atoms with E-state index < -0.39 is 0 Å². The Morgan fingerprint density at radius 3 is 2.29 bits per heavy atom. The van der Waals surface area contributed by atoms with E-state index in [0.717, 1.165) is 19.3 Å². The van der Waals surface area contributed by atoms with Gasteiger partial charge in [-0.25, -0.2) is 0 Å². The Morgan fingerprint density at radius 2 is 1.65 bits per heavy atom. The van der Waals surface area contributed by atoms with Crippen molar-refractivity contribution in [3.8, 4) is 11.8 Å². The molecule has 0 N–H and O–H groups in total. The molecule has 0 fully saturated rings. The van der Waals surface area contributed by atoms with Gasteiger partial charge >= 0.3 is 0 Å². The van der Waals surface area contributed by atoms with E-state index in [1.54, 1.807) is 19.1 Å². The average molecular weight is 232 g/mol. The summed E-state index contributed by atoms with van der Waals surface area (Å²) in [5.74, 6) is 5.84. The molecule has 0 rings (SSSR count). The molecule has 0 aromatic carbocycles. The van der Waals surface area contributed by atoms with E-state index in [2.05, 4.69) is 11.8 Å². The number of hydrogen-bond acceptors (Lipinski definition) is 2. The first-order valence-electron chi connectivity index (χ1n) is 5.98. The molecule has 17 heavy (non-hydrogen) atoms. The van der Waals surface area contributed by atoms with Crippen molar-refractivity contribution in [1.82, 2.24) is 0 Å². The first-order chi connectivity index (χ1) is 8.16. The van der Waals surface area contributed by atoms with Crippen molar-refractivity contribution in [2.45, 2.75) is 46.0 Å². The second-order valence-corrected chi connectivity index (χ2v) is 3.85. The molecule has 0 aromatic heterocycles. The van der Waals surface area contributed by atoms with Crippen LogP contribution >= 0.6 is 0 Å². The van der Waals surface area contributed by atoms with Crippen LogP contribution in [-0.4, -0.2) is 11.6 Å². The SMILES string of the molecule is CC=CC#CC=CC(=O)CCCCCC(C)=O. The Kier molecular flexibility index (Phi) is 9.85. The van der Waals surface area contributed by atoms with E-state index in [0.29, 0.717) is 12.8 Å². The fourth-order valence-corrected chi connectivity index (χ4v) is 1.25. The maximum absolute atomic E-state index is 11.3. The molecule has 0 atom stereocenters. The minimum Gasteiger partial charge on any atom is -0.300 e. The molecule has 0 aliphatic rings. The lowest BCUT2D eigenvalue weighted by molar-refractivity contribution is -0.117. The monoisotopic (exact) mass is 232 g/mol. The second-order valence-electron chi connectivity index (χ2n) is 3.85. The Morgan fingerprint density at radius 1 is 1.00 bits per heavy atom. The van der Waals surface area contributed by atoms with Crippen LogP contribution in [0.15, 0.2) is 24.3 Å². The molecule has 0 heterocycles. The van der Waals surface area contributed by atoms with Gasteiger partial charge in [0.2, 0.25) is 0 Å². The van der Waals surface area contributed by atoms with E-state index >= 15 is 0 Å². The van der Waals surface area contributed by atoms with Crippen LogP contribution in [0.5, 0.6) is 0 Å². The Labute approximate surface area is 104 Å². The molecule has 0 amide bonds. The van der Waals surface area contributed by atoms with Crippen LogP contribution in [0.4, 0.5) is 0 Å². The molecule has 0 unspecified atom stereocenters. The molecule has 0 bridgehead atoms. The minimum absolute atomic E-state index is 0.0996. The highest BCUT2D eigenvalue weighted by Gasteiger charge is 1.97. The van der Waals surface area contributed by atoms with Crippen molar-refractivity contribution >= 4 is 11.6 Å². The fraction of sp³-hybridized carbons (Fsp3) is 0.467. The van der Waals surface area contributed by atoms with Gasteiger partial charge in [-0.3, -0.25) is 4.79 Å². The molecule has 0 aromatic rings. The summed E-state index contributed by atoms with van der Waals surface area (Å²) in [6.07, 6.45) is 10.5. The average Bonchev–Trinajstić information content (AvgIpc) is 2.28. The van der Waals surface area contributed by atoms with Crippen molar-refractivity contribution in [3.63, 3.8) is 0 Å². The number of Topliss-reactive ketones (excluding diaryl/α,β-unsaturated/α-hetero) is 1. The number of unbranched alkanes of at least 4 members (excludes halogenated alkanes) is 2. The van der Waals surface area contributed by atoms with Crippen LogP contribution < -0.4 is 0 Å². The van der Waals surface area contributed by atoms with Crippen molar-refractivity contribution in [1.29, 1.82) is 0 Å². The quantitative estimate of drug-likeness (QED) is 0.383. The summed E-state index contributed by atoms with van der Waals surface area (Å²) in [6, 6.07) is 0. The van der Waals surface area contributed by atoms with Crippen LogP contribution in [0.1, 0.15) is 46.0 Å². The number of rotatable bonds is 7. The number of allylic oxidation sites excluding steroid dienone is 4. The van der Waals surface area contributed by atoms with Crippen molar-refractivity contribution in [2.24, 2.45) is 0 Å². The van der Waals surface area contributed by atoms with E-state index in [-0.39, 0.29) is 11.6 Å². The van der Waals surface area contributed by atoms with Crippen LogP contribution in [-0.2, 0) is 9.59 Å². The predicted octanol–water partition coefficient (Wildman–Crippen LogP) is 3.23. The normalized spacial score (nSPS) is 10.5. The first-order valence-corrected chi connectivity index (χ1v) is 5.98. The van der Waals surface area contributed by atoms with Crippen molar-refractivity contribution < 1.29 is 9.59 Å². The zero-order valence-electron chi connectivity index (χ0n) is 10.7. The summed E-state index contributed by atoms with van der Waals surface area (Å²) < 4.78 is 0. The summed E-state index contributed by atoms with van der Waals surface area (Å²) in [4.78, 5) is 22.0. The molecule has 0 spiro atoms. The predicted molar refractivity (Wildman–Crippen MR) is 70.5 cm³/mol. The summed E-state index contributed by atoms with van der Waals surface area (Å²) in [6.45, 7) is 3.49. The van der Waals surface area contributed by atoms with Crippen LogP contribution in [0.2, 0.25) is 0 Å². The second kappa shape index (κ2) is 10.9. The van der Waals surface area contributed by atoms with Crippen molar-refractivity contribution in [3.05, 3.63) is 24.3 Å². The van der Waals surface area contributed by atoms with Crippen LogP contribution in [0, 0.1) is 11.8 Å². The van der Waals surface area contributed by atoms with Gasteiger partial charge in [-0.1, -0.05) is 24.3 Å². The molecule has 0 saturated heterocycles. The summed E-state index contributed by atoms with van der Waals surface area (Å²) >= 11 is 0. The van der Waals surface area contributed by atoms with E-state index in [1.807, 2.05) is 13.0 Å². The molecule has 0 radical (unpaired) electrons. The number of hydrogen-bond donors (Lipinski definition) is 0.